The summed E-state index contributed by atoms with van der Waals surface area (Å²) in [6.07, 6.45) is 6.46. The second-order valence-electron chi connectivity index (χ2n) is 7.72. The second-order valence-corrected chi connectivity index (χ2v) is 9.65. The summed E-state index contributed by atoms with van der Waals surface area (Å²) >= 11 is 0. The molecule has 9 heteroatoms. The summed E-state index contributed by atoms with van der Waals surface area (Å²) in [5.41, 5.74) is 12.4. The fourth-order valence-corrected chi connectivity index (χ4v) is 5.89. The van der Waals surface area contributed by atoms with E-state index < -0.39 is 15.7 Å². The van der Waals surface area contributed by atoms with Gasteiger partial charge < -0.3 is 11.5 Å². The SMILES string of the molecule is CCCN(CCC)S(=O)(=O)c1ccc(N2C(N)=NC(N)=NC23CCCCC3)cc1. The van der Waals surface area contributed by atoms with Crippen LogP contribution in [0.2, 0.25) is 0 Å². The fourth-order valence-electron chi connectivity index (χ4n) is 4.26. The Morgan fingerprint density at radius 3 is 2.17 bits per heavy atom. The lowest BCUT2D eigenvalue weighted by molar-refractivity contribution is 0.305. The molecule has 1 aromatic rings. The molecule has 1 saturated carbocycles. The molecule has 4 N–H and O–H groups in total. The van der Waals surface area contributed by atoms with Gasteiger partial charge in [0, 0.05) is 18.8 Å². The molecule has 1 spiro atoms. The van der Waals surface area contributed by atoms with Gasteiger partial charge in [0.1, 0.15) is 5.66 Å². The second kappa shape index (κ2) is 8.71. The first-order chi connectivity index (χ1) is 13.8. The first kappa shape index (κ1) is 21.6. The third kappa shape index (κ3) is 4.25. The molecule has 29 heavy (non-hydrogen) atoms. The van der Waals surface area contributed by atoms with E-state index in [1.54, 1.807) is 28.6 Å². The molecule has 1 aliphatic carbocycles. The van der Waals surface area contributed by atoms with Gasteiger partial charge in [0.05, 0.1) is 4.90 Å². The Kier molecular flexibility index (Phi) is 6.48. The van der Waals surface area contributed by atoms with Crippen molar-refractivity contribution in [1.29, 1.82) is 0 Å². The first-order valence-electron chi connectivity index (χ1n) is 10.4. The average Bonchev–Trinajstić information content (AvgIpc) is 2.68. The Balaban J connectivity index is 1.93. The Morgan fingerprint density at radius 1 is 1.03 bits per heavy atom. The molecular formula is C20H32N6O2S. The van der Waals surface area contributed by atoms with Crippen LogP contribution in [0.15, 0.2) is 39.1 Å². The highest BCUT2D eigenvalue weighted by Crippen LogP contribution is 2.39. The lowest BCUT2D eigenvalue weighted by Gasteiger charge is -2.45. The standard InChI is InChI=1S/C20H32N6O2S/c1-3-14-25(15-4-2)29(27,28)17-10-8-16(9-11-17)26-19(22)23-18(21)24-20(26)12-6-5-7-13-20/h8-11H,3-7,12-15H2,1-2H3,(H4,21,22,23,24). The van der Waals surface area contributed by atoms with Crippen LogP contribution in [0.3, 0.4) is 0 Å². The van der Waals surface area contributed by atoms with Crippen molar-refractivity contribution in [3.63, 3.8) is 0 Å². The number of hydrogen-bond acceptors (Lipinski definition) is 7. The van der Waals surface area contributed by atoms with Crippen LogP contribution in [0, 0.1) is 0 Å². The van der Waals surface area contributed by atoms with Gasteiger partial charge in [-0.05, 0) is 62.8 Å². The number of sulfonamides is 1. The summed E-state index contributed by atoms with van der Waals surface area (Å²) in [6, 6.07) is 6.88. The summed E-state index contributed by atoms with van der Waals surface area (Å²) in [5.74, 6) is 0.503. The largest absolute Gasteiger partial charge is 0.369 e. The van der Waals surface area contributed by atoms with Gasteiger partial charge in [-0.25, -0.2) is 13.4 Å². The molecule has 2 aliphatic rings. The van der Waals surface area contributed by atoms with Crippen LogP contribution in [0.25, 0.3) is 0 Å². The highest BCUT2D eigenvalue weighted by Gasteiger charge is 2.42. The minimum atomic E-state index is -3.52. The van der Waals surface area contributed by atoms with Crippen molar-refractivity contribution in [2.24, 2.45) is 21.5 Å². The molecule has 8 nitrogen and oxygen atoms in total. The third-order valence-corrected chi connectivity index (χ3v) is 7.44. The van der Waals surface area contributed by atoms with E-state index in [9.17, 15) is 8.42 Å². The maximum Gasteiger partial charge on any atom is 0.243 e. The van der Waals surface area contributed by atoms with Crippen LogP contribution in [-0.2, 0) is 10.0 Å². The van der Waals surface area contributed by atoms with Crippen LogP contribution >= 0.6 is 0 Å². The zero-order chi connectivity index (χ0) is 21.1. The van der Waals surface area contributed by atoms with E-state index in [4.69, 9.17) is 11.5 Å². The molecule has 0 radical (unpaired) electrons. The highest BCUT2D eigenvalue weighted by atomic mass is 32.2. The lowest BCUT2D eigenvalue weighted by Crippen LogP contribution is -2.58. The molecule has 0 saturated heterocycles. The minimum Gasteiger partial charge on any atom is -0.369 e. The summed E-state index contributed by atoms with van der Waals surface area (Å²) in [6.45, 7) is 4.99. The minimum absolute atomic E-state index is 0.203. The van der Waals surface area contributed by atoms with E-state index in [0.29, 0.717) is 19.0 Å². The van der Waals surface area contributed by atoms with Gasteiger partial charge in [-0.1, -0.05) is 20.3 Å². The van der Waals surface area contributed by atoms with Gasteiger partial charge in [0.15, 0.2) is 0 Å². The van der Waals surface area contributed by atoms with Crippen LogP contribution in [0.5, 0.6) is 0 Å². The number of hydrogen-bond donors (Lipinski definition) is 2. The molecule has 0 unspecified atom stereocenters. The molecule has 0 atom stereocenters. The number of anilines is 1. The fraction of sp³-hybridized carbons (Fsp3) is 0.600. The normalized spacial score (nSPS) is 19.3. The highest BCUT2D eigenvalue weighted by molar-refractivity contribution is 7.89. The van der Waals surface area contributed by atoms with Crippen LogP contribution in [0.1, 0.15) is 58.8 Å². The molecule has 0 amide bonds. The smallest absolute Gasteiger partial charge is 0.243 e. The average molecular weight is 421 g/mol. The predicted octanol–water partition coefficient (Wildman–Crippen LogP) is 2.61. The maximum absolute atomic E-state index is 13.0. The van der Waals surface area contributed by atoms with E-state index in [1.807, 2.05) is 18.7 Å². The van der Waals surface area contributed by atoms with Crippen molar-refractivity contribution < 1.29 is 8.42 Å². The van der Waals surface area contributed by atoms with Gasteiger partial charge in [-0.15, -0.1) is 0 Å². The van der Waals surface area contributed by atoms with Crippen molar-refractivity contribution in [3.8, 4) is 0 Å². The Bertz CT molecular complexity index is 867. The van der Waals surface area contributed by atoms with E-state index in [2.05, 4.69) is 9.98 Å². The molecule has 0 aromatic heterocycles. The monoisotopic (exact) mass is 420 g/mol. The van der Waals surface area contributed by atoms with Crippen LogP contribution in [0.4, 0.5) is 5.69 Å². The molecule has 160 valence electrons. The number of nitrogens with zero attached hydrogens (tertiary/aromatic N) is 4. The van der Waals surface area contributed by atoms with E-state index in [0.717, 1.165) is 50.6 Å². The van der Waals surface area contributed by atoms with Gasteiger partial charge in [0.25, 0.3) is 0 Å². The van der Waals surface area contributed by atoms with Gasteiger partial charge >= 0.3 is 0 Å². The van der Waals surface area contributed by atoms with Crippen LogP contribution in [-0.4, -0.2) is 43.4 Å². The van der Waals surface area contributed by atoms with Gasteiger partial charge in [0.2, 0.25) is 21.9 Å². The Labute approximate surface area is 173 Å². The molecule has 1 aromatic carbocycles. The topological polar surface area (TPSA) is 117 Å². The van der Waals surface area contributed by atoms with Gasteiger partial charge in [-0.2, -0.15) is 9.30 Å². The molecule has 3 rings (SSSR count). The number of aliphatic imine (C=N–C) groups is 2. The Morgan fingerprint density at radius 2 is 1.62 bits per heavy atom. The molecular weight excluding hydrogens is 388 g/mol. The number of benzene rings is 1. The van der Waals surface area contributed by atoms with Crippen LogP contribution < -0.4 is 16.4 Å². The maximum atomic E-state index is 13.0. The summed E-state index contributed by atoms with van der Waals surface area (Å²) in [7, 11) is -3.52. The zero-order valence-electron chi connectivity index (χ0n) is 17.3. The van der Waals surface area contributed by atoms with E-state index in [1.165, 1.54) is 0 Å². The van der Waals surface area contributed by atoms with Crippen molar-refractivity contribution in [2.45, 2.75) is 69.4 Å². The number of rotatable bonds is 7. The van der Waals surface area contributed by atoms with Crippen molar-refractivity contribution in [1.82, 2.24) is 4.31 Å². The predicted molar refractivity (Wildman–Crippen MR) is 117 cm³/mol. The molecule has 1 heterocycles. The number of guanidine groups is 2. The van der Waals surface area contributed by atoms with Crippen molar-refractivity contribution in [2.75, 3.05) is 18.0 Å². The number of nitrogens with two attached hydrogens (primary N) is 2. The quantitative estimate of drug-likeness (QED) is 0.703. The lowest BCUT2D eigenvalue weighted by atomic mass is 9.87. The molecule has 1 aliphatic heterocycles. The van der Waals surface area contributed by atoms with Gasteiger partial charge in [-0.3, -0.25) is 4.90 Å². The van der Waals surface area contributed by atoms with E-state index in [-0.39, 0.29) is 10.9 Å². The summed E-state index contributed by atoms with van der Waals surface area (Å²) in [5, 5.41) is 0. The Hall–Kier alpha value is -2.13. The summed E-state index contributed by atoms with van der Waals surface area (Å²) in [4.78, 5) is 11.0. The summed E-state index contributed by atoms with van der Waals surface area (Å²) < 4.78 is 27.6. The van der Waals surface area contributed by atoms with Crippen molar-refractivity contribution >= 4 is 27.6 Å². The zero-order valence-corrected chi connectivity index (χ0v) is 18.2. The third-order valence-electron chi connectivity index (χ3n) is 5.53. The molecule has 1 fully saturated rings. The first-order valence-corrected chi connectivity index (χ1v) is 11.9. The van der Waals surface area contributed by atoms with Crippen molar-refractivity contribution in [3.05, 3.63) is 24.3 Å². The van der Waals surface area contributed by atoms with E-state index >= 15 is 0 Å². The molecule has 0 bridgehead atoms.